The monoisotopic (exact) mass is 263 g/mol. The predicted octanol–water partition coefficient (Wildman–Crippen LogP) is 2.55. The van der Waals surface area contributed by atoms with E-state index < -0.39 is 0 Å². The quantitative estimate of drug-likeness (QED) is 0.840. The fourth-order valence-electron chi connectivity index (χ4n) is 2.29. The molecule has 1 aromatic rings. The Labute approximate surface area is 112 Å². The van der Waals surface area contributed by atoms with Gasteiger partial charge in [-0.2, -0.15) is 0 Å². The van der Waals surface area contributed by atoms with Crippen molar-refractivity contribution < 1.29 is 19.0 Å². The highest BCUT2D eigenvalue weighted by Gasteiger charge is 2.23. The molecule has 1 amide bonds. The molecule has 2 aliphatic heterocycles. The molecule has 1 unspecified atom stereocenters. The minimum Gasteiger partial charge on any atom is -0.465 e. The number of rotatable bonds is 3. The van der Waals surface area contributed by atoms with E-state index in [0.29, 0.717) is 13.2 Å². The zero-order chi connectivity index (χ0) is 13.1. The zero-order valence-electron chi connectivity index (χ0n) is 10.7. The number of ether oxygens (including phenoxy) is 3. The standard InChI is InChI=1S/C14H17NO4/c16-14-15(8-10-18-14)11-4-6-12(7-5-11)19-13-3-1-2-9-17-13/h4-7,13H,1-3,8-10H2. The molecule has 102 valence electrons. The lowest BCUT2D eigenvalue weighted by Crippen LogP contribution is -2.25. The van der Waals surface area contributed by atoms with E-state index in [1.54, 1.807) is 4.90 Å². The first-order valence-corrected chi connectivity index (χ1v) is 6.65. The summed E-state index contributed by atoms with van der Waals surface area (Å²) in [7, 11) is 0. The van der Waals surface area contributed by atoms with Crippen LogP contribution in [-0.2, 0) is 9.47 Å². The first-order valence-electron chi connectivity index (χ1n) is 6.65. The SMILES string of the molecule is O=C1OCCN1c1ccc(OC2CCCCO2)cc1. The van der Waals surface area contributed by atoms with Crippen LogP contribution in [0.2, 0.25) is 0 Å². The number of hydrogen-bond acceptors (Lipinski definition) is 4. The van der Waals surface area contributed by atoms with Crippen LogP contribution in [0.3, 0.4) is 0 Å². The van der Waals surface area contributed by atoms with Gasteiger partial charge in [-0.25, -0.2) is 4.79 Å². The van der Waals surface area contributed by atoms with Crippen LogP contribution in [0.4, 0.5) is 10.5 Å². The van der Waals surface area contributed by atoms with Gasteiger partial charge in [-0.3, -0.25) is 4.90 Å². The summed E-state index contributed by atoms with van der Waals surface area (Å²) < 4.78 is 16.2. The van der Waals surface area contributed by atoms with Crippen LogP contribution in [0.1, 0.15) is 19.3 Å². The van der Waals surface area contributed by atoms with E-state index in [-0.39, 0.29) is 12.4 Å². The Balaban J connectivity index is 1.63. The third-order valence-corrected chi connectivity index (χ3v) is 3.31. The Morgan fingerprint density at radius 3 is 2.63 bits per heavy atom. The lowest BCUT2D eigenvalue weighted by molar-refractivity contribution is -0.105. The molecule has 0 aromatic heterocycles. The average molecular weight is 263 g/mol. The number of nitrogens with zero attached hydrogens (tertiary/aromatic N) is 1. The van der Waals surface area contributed by atoms with Crippen molar-refractivity contribution in [3.63, 3.8) is 0 Å². The molecule has 1 atom stereocenters. The topological polar surface area (TPSA) is 48.0 Å². The second-order valence-corrected chi connectivity index (χ2v) is 4.67. The molecule has 0 aliphatic carbocycles. The van der Waals surface area contributed by atoms with Crippen molar-refractivity contribution in [3.05, 3.63) is 24.3 Å². The largest absolute Gasteiger partial charge is 0.465 e. The van der Waals surface area contributed by atoms with Crippen LogP contribution in [0.5, 0.6) is 5.75 Å². The van der Waals surface area contributed by atoms with E-state index in [0.717, 1.165) is 37.3 Å². The highest BCUT2D eigenvalue weighted by molar-refractivity contribution is 5.89. The summed E-state index contributed by atoms with van der Waals surface area (Å²) in [5.74, 6) is 0.767. The highest BCUT2D eigenvalue weighted by atomic mass is 16.7. The lowest BCUT2D eigenvalue weighted by Gasteiger charge is -2.23. The Kier molecular flexibility index (Phi) is 3.55. The number of cyclic esters (lactones) is 1. The van der Waals surface area contributed by atoms with Gasteiger partial charge in [0.25, 0.3) is 0 Å². The number of carbonyl (C=O) groups is 1. The van der Waals surface area contributed by atoms with Gasteiger partial charge in [-0.15, -0.1) is 0 Å². The molecule has 0 saturated carbocycles. The third-order valence-electron chi connectivity index (χ3n) is 3.31. The normalized spacial score (nSPS) is 23.3. The Morgan fingerprint density at radius 1 is 1.16 bits per heavy atom. The van der Waals surface area contributed by atoms with E-state index in [1.807, 2.05) is 24.3 Å². The molecule has 0 bridgehead atoms. The van der Waals surface area contributed by atoms with E-state index in [1.165, 1.54) is 0 Å². The van der Waals surface area contributed by atoms with Crippen LogP contribution in [-0.4, -0.2) is 32.1 Å². The van der Waals surface area contributed by atoms with Crippen LogP contribution in [0, 0.1) is 0 Å². The molecule has 5 heteroatoms. The fourth-order valence-corrected chi connectivity index (χ4v) is 2.29. The minimum atomic E-state index is -0.288. The van der Waals surface area contributed by atoms with Crippen molar-refractivity contribution >= 4 is 11.8 Å². The van der Waals surface area contributed by atoms with Crippen molar-refractivity contribution in [3.8, 4) is 5.75 Å². The number of amides is 1. The first kappa shape index (κ1) is 12.3. The summed E-state index contributed by atoms with van der Waals surface area (Å²) >= 11 is 0. The molecule has 1 aromatic carbocycles. The van der Waals surface area contributed by atoms with Gasteiger partial charge in [0.1, 0.15) is 12.4 Å². The maximum Gasteiger partial charge on any atom is 0.414 e. The van der Waals surface area contributed by atoms with Gasteiger partial charge in [-0.1, -0.05) is 0 Å². The van der Waals surface area contributed by atoms with Gasteiger partial charge in [0, 0.05) is 12.1 Å². The molecular weight excluding hydrogens is 246 g/mol. The van der Waals surface area contributed by atoms with E-state index in [2.05, 4.69) is 0 Å². The summed E-state index contributed by atoms with van der Waals surface area (Å²) in [5, 5.41) is 0. The summed E-state index contributed by atoms with van der Waals surface area (Å²) in [6.45, 7) is 1.82. The fraction of sp³-hybridized carbons (Fsp3) is 0.500. The number of benzene rings is 1. The van der Waals surface area contributed by atoms with Crippen LogP contribution in [0.25, 0.3) is 0 Å². The van der Waals surface area contributed by atoms with Gasteiger partial charge in [0.15, 0.2) is 6.29 Å². The van der Waals surface area contributed by atoms with E-state index in [9.17, 15) is 4.79 Å². The van der Waals surface area contributed by atoms with Crippen molar-refractivity contribution in [1.29, 1.82) is 0 Å². The number of carbonyl (C=O) groups excluding carboxylic acids is 1. The molecule has 0 N–H and O–H groups in total. The van der Waals surface area contributed by atoms with Crippen LogP contribution >= 0.6 is 0 Å². The van der Waals surface area contributed by atoms with Crippen LogP contribution in [0.15, 0.2) is 24.3 Å². The van der Waals surface area contributed by atoms with E-state index >= 15 is 0 Å². The maximum absolute atomic E-state index is 11.4. The Bertz CT molecular complexity index is 439. The maximum atomic E-state index is 11.4. The Morgan fingerprint density at radius 2 is 2.00 bits per heavy atom. The van der Waals surface area contributed by atoms with Gasteiger partial charge in [0.05, 0.1) is 13.2 Å². The van der Waals surface area contributed by atoms with Crippen molar-refractivity contribution in [2.24, 2.45) is 0 Å². The zero-order valence-corrected chi connectivity index (χ0v) is 10.7. The molecule has 0 radical (unpaired) electrons. The van der Waals surface area contributed by atoms with Crippen molar-refractivity contribution in [1.82, 2.24) is 0 Å². The molecule has 3 rings (SSSR count). The third kappa shape index (κ3) is 2.81. The number of hydrogen-bond donors (Lipinski definition) is 0. The Hall–Kier alpha value is -1.75. The summed E-state index contributed by atoms with van der Waals surface area (Å²) in [4.78, 5) is 13.0. The van der Waals surface area contributed by atoms with Crippen molar-refractivity contribution in [2.45, 2.75) is 25.6 Å². The van der Waals surface area contributed by atoms with Crippen molar-refractivity contribution in [2.75, 3.05) is 24.7 Å². The van der Waals surface area contributed by atoms with Gasteiger partial charge < -0.3 is 14.2 Å². The molecule has 2 heterocycles. The van der Waals surface area contributed by atoms with Crippen LogP contribution < -0.4 is 9.64 Å². The molecule has 2 saturated heterocycles. The highest BCUT2D eigenvalue weighted by Crippen LogP contribution is 2.24. The summed E-state index contributed by atoms with van der Waals surface area (Å²) in [6, 6.07) is 7.45. The molecule has 0 spiro atoms. The summed E-state index contributed by atoms with van der Waals surface area (Å²) in [5.41, 5.74) is 0.833. The second-order valence-electron chi connectivity index (χ2n) is 4.67. The van der Waals surface area contributed by atoms with Gasteiger partial charge in [0.2, 0.25) is 0 Å². The smallest absolute Gasteiger partial charge is 0.414 e. The molecule has 2 fully saturated rings. The minimum absolute atomic E-state index is 0.142. The molecule has 19 heavy (non-hydrogen) atoms. The average Bonchev–Trinajstić information content (AvgIpc) is 2.87. The molecular formula is C14H17NO4. The summed E-state index contributed by atoms with van der Waals surface area (Å²) in [6.07, 6.45) is 2.75. The van der Waals surface area contributed by atoms with E-state index in [4.69, 9.17) is 14.2 Å². The lowest BCUT2D eigenvalue weighted by atomic mass is 10.2. The predicted molar refractivity (Wildman–Crippen MR) is 69.4 cm³/mol. The van der Waals surface area contributed by atoms with Gasteiger partial charge >= 0.3 is 6.09 Å². The molecule has 5 nitrogen and oxygen atoms in total. The first-order chi connectivity index (χ1) is 9.33. The second kappa shape index (κ2) is 5.48. The van der Waals surface area contributed by atoms with Gasteiger partial charge in [-0.05, 0) is 37.1 Å². The molecule has 2 aliphatic rings. The number of anilines is 1.